The largest absolute Gasteiger partial charge is 0.385 e. The van der Waals surface area contributed by atoms with Gasteiger partial charge >= 0.3 is 6.03 Å². The predicted octanol–water partition coefficient (Wildman–Crippen LogP) is 2.06. The molecule has 1 aliphatic heterocycles. The highest BCUT2D eigenvalue weighted by atomic mass is 79.9. The molecule has 0 saturated carbocycles. The highest BCUT2D eigenvalue weighted by Crippen LogP contribution is 2.32. The third kappa shape index (κ3) is 2.09. The Hall–Kier alpha value is -1.87. The van der Waals surface area contributed by atoms with E-state index < -0.39 is 12.1 Å². The summed E-state index contributed by atoms with van der Waals surface area (Å²) in [5.41, 5.74) is 6.38. The molecule has 2 N–H and O–H groups in total. The van der Waals surface area contributed by atoms with E-state index in [1.807, 2.05) is 0 Å². The maximum absolute atomic E-state index is 13.0. The summed E-state index contributed by atoms with van der Waals surface area (Å²) in [5.74, 6) is 2.15. The van der Waals surface area contributed by atoms with Crippen molar-refractivity contribution in [1.29, 1.82) is 0 Å². The number of aliphatic imine (C=N–C) groups is 1. The number of nitrogens with two attached hydrogens (primary N) is 1. The number of halogens is 2. The Kier molecular flexibility index (Phi) is 3.34. The molecule has 1 unspecified atom stereocenters. The minimum Gasteiger partial charge on any atom is -0.385 e. The van der Waals surface area contributed by atoms with Gasteiger partial charge in [0.05, 0.1) is 6.54 Å². The van der Waals surface area contributed by atoms with Crippen molar-refractivity contribution in [2.45, 2.75) is 6.04 Å². The number of urea groups is 1. The molecule has 1 aromatic rings. The van der Waals surface area contributed by atoms with Crippen molar-refractivity contribution in [3.05, 3.63) is 34.1 Å². The van der Waals surface area contributed by atoms with Gasteiger partial charge in [0.1, 0.15) is 17.7 Å². The number of benzene rings is 1. The lowest BCUT2D eigenvalue weighted by Gasteiger charge is -2.23. The number of amides is 2. The Bertz CT molecular complexity index is 579. The minimum absolute atomic E-state index is 0.0948. The van der Waals surface area contributed by atoms with Crippen molar-refractivity contribution in [3.63, 3.8) is 0 Å². The summed E-state index contributed by atoms with van der Waals surface area (Å²) in [7, 11) is 0. The van der Waals surface area contributed by atoms with Gasteiger partial charge in [0.2, 0.25) is 0 Å². The van der Waals surface area contributed by atoms with Gasteiger partial charge in [-0.1, -0.05) is 27.9 Å². The van der Waals surface area contributed by atoms with Crippen LogP contribution >= 0.6 is 15.9 Å². The van der Waals surface area contributed by atoms with Crippen LogP contribution in [0.4, 0.5) is 9.18 Å². The van der Waals surface area contributed by atoms with Crippen LogP contribution in [0.3, 0.4) is 0 Å². The normalized spacial score (nSPS) is 18.7. The Labute approximate surface area is 112 Å². The van der Waals surface area contributed by atoms with Gasteiger partial charge in [0.25, 0.3) is 0 Å². The molecular formula is C12H9BrFN3O. The van der Waals surface area contributed by atoms with Gasteiger partial charge < -0.3 is 5.73 Å². The highest BCUT2D eigenvalue weighted by molar-refractivity contribution is 9.10. The molecule has 0 radical (unpaired) electrons. The summed E-state index contributed by atoms with van der Waals surface area (Å²) in [6.07, 6.45) is 5.21. The molecule has 0 aromatic heterocycles. The van der Waals surface area contributed by atoms with Gasteiger partial charge in [-0.3, -0.25) is 4.90 Å². The summed E-state index contributed by atoms with van der Waals surface area (Å²) >= 11 is 3.24. The Morgan fingerprint density at radius 3 is 2.94 bits per heavy atom. The Morgan fingerprint density at radius 1 is 1.61 bits per heavy atom. The standard InChI is InChI=1S/C12H9BrFN3O/c1-2-5-17-10(11(15)16-12(17)18)8-4-3-7(14)6-9(8)13/h1,3-4,6,10H,5H2,(H2,15,16,18). The fraction of sp³-hybridized carbons (Fsp3) is 0.167. The molecule has 0 saturated heterocycles. The van der Waals surface area contributed by atoms with Crippen LogP contribution in [0.1, 0.15) is 11.6 Å². The lowest BCUT2D eigenvalue weighted by atomic mass is 10.1. The topological polar surface area (TPSA) is 58.7 Å². The van der Waals surface area contributed by atoms with Crippen molar-refractivity contribution in [2.24, 2.45) is 10.7 Å². The first-order valence-corrected chi connectivity index (χ1v) is 5.87. The van der Waals surface area contributed by atoms with E-state index in [-0.39, 0.29) is 18.2 Å². The molecule has 1 heterocycles. The van der Waals surface area contributed by atoms with E-state index in [4.69, 9.17) is 12.2 Å². The van der Waals surface area contributed by atoms with Crippen LogP contribution in [0.2, 0.25) is 0 Å². The van der Waals surface area contributed by atoms with Crippen molar-refractivity contribution < 1.29 is 9.18 Å². The van der Waals surface area contributed by atoms with Gasteiger partial charge in [-0.05, 0) is 17.7 Å². The molecular weight excluding hydrogens is 301 g/mol. The zero-order chi connectivity index (χ0) is 13.3. The van der Waals surface area contributed by atoms with Crippen molar-refractivity contribution in [1.82, 2.24) is 4.90 Å². The van der Waals surface area contributed by atoms with Gasteiger partial charge in [0.15, 0.2) is 0 Å². The molecule has 1 atom stereocenters. The number of hydrogen-bond donors (Lipinski definition) is 1. The van der Waals surface area contributed by atoms with Crippen LogP contribution in [-0.2, 0) is 0 Å². The van der Waals surface area contributed by atoms with Gasteiger partial charge in [0, 0.05) is 4.47 Å². The number of carbonyl (C=O) groups excluding carboxylic acids is 1. The van der Waals surface area contributed by atoms with Gasteiger partial charge in [-0.15, -0.1) is 6.42 Å². The first-order valence-electron chi connectivity index (χ1n) is 5.07. The van der Waals surface area contributed by atoms with E-state index in [2.05, 4.69) is 26.8 Å². The number of carbonyl (C=O) groups is 1. The van der Waals surface area contributed by atoms with E-state index in [1.165, 1.54) is 17.0 Å². The molecule has 0 fully saturated rings. The van der Waals surface area contributed by atoms with Gasteiger partial charge in [-0.25, -0.2) is 9.18 Å². The number of terminal acetylenes is 1. The second-order valence-electron chi connectivity index (χ2n) is 3.72. The first kappa shape index (κ1) is 12.6. The number of hydrogen-bond acceptors (Lipinski definition) is 2. The van der Waals surface area contributed by atoms with E-state index in [0.717, 1.165) is 0 Å². The van der Waals surface area contributed by atoms with E-state index in [9.17, 15) is 9.18 Å². The molecule has 92 valence electrons. The highest BCUT2D eigenvalue weighted by Gasteiger charge is 2.35. The molecule has 1 aromatic carbocycles. The van der Waals surface area contributed by atoms with E-state index >= 15 is 0 Å². The molecule has 0 spiro atoms. The Morgan fingerprint density at radius 2 is 2.33 bits per heavy atom. The van der Waals surface area contributed by atoms with Crippen LogP contribution in [0.25, 0.3) is 0 Å². The van der Waals surface area contributed by atoms with E-state index in [0.29, 0.717) is 10.0 Å². The van der Waals surface area contributed by atoms with Crippen LogP contribution in [0, 0.1) is 18.2 Å². The van der Waals surface area contributed by atoms with E-state index in [1.54, 1.807) is 6.07 Å². The monoisotopic (exact) mass is 309 g/mol. The SMILES string of the molecule is C#CCN1C(=O)N=C(N)C1c1ccc(F)cc1Br. The second kappa shape index (κ2) is 4.78. The second-order valence-corrected chi connectivity index (χ2v) is 4.57. The summed E-state index contributed by atoms with van der Waals surface area (Å²) in [6.45, 7) is 0.0948. The Balaban J connectivity index is 2.45. The summed E-state index contributed by atoms with van der Waals surface area (Å²) in [6, 6.07) is 3.12. The summed E-state index contributed by atoms with van der Waals surface area (Å²) < 4.78 is 13.6. The predicted molar refractivity (Wildman–Crippen MR) is 69.4 cm³/mol. The smallest absolute Gasteiger partial charge is 0.346 e. The molecule has 2 rings (SSSR count). The molecule has 6 heteroatoms. The quantitative estimate of drug-likeness (QED) is 0.850. The lowest BCUT2D eigenvalue weighted by molar-refractivity contribution is 0.213. The van der Waals surface area contributed by atoms with Crippen molar-refractivity contribution in [3.8, 4) is 12.3 Å². The molecule has 0 aliphatic carbocycles. The molecule has 1 aliphatic rings. The molecule has 2 amide bonds. The summed E-state index contributed by atoms with van der Waals surface area (Å²) in [4.78, 5) is 16.6. The first-order chi connectivity index (χ1) is 8.54. The third-order valence-corrected chi connectivity index (χ3v) is 3.27. The zero-order valence-electron chi connectivity index (χ0n) is 9.23. The number of amidine groups is 1. The summed E-state index contributed by atoms with van der Waals surface area (Å²) in [5, 5.41) is 0. The lowest BCUT2D eigenvalue weighted by Crippen LogP contribution is -2.33. The number of nitrogens with zero attached hydrogens (tertiary/aromatic N) is 2. The average Bonchev–Trinajstić information content (AvgIpc) is 2.56. The van der Waals surface area contributed by atoms with Crippen LogP contribution in [0.5, 0.6) is 0 Å². The maximum atomic E-state index is 13.0. The average molecular weight is 310 g/mol. The van der Waals surface area contributed by atoms with Crippen molar-refractivity contribution >= 4 is 27.8 Å². The van der Waals surface area contributed by atoms with Crippen molar-refractivity contribution in [2.75, 3.05) is 6.54 Å². The zero-order valence-corrected chi connectivity index (χ0v) is 10.8. The molecule has 18 heavy (non-hydrogen) atoms. The van der Waals surface area contributed by atoms with Crippen LogP contribution < -0.4 is 5.73 Å². The van der Waals surface area contributed by atoms with Crippen LogP contribution in [0.15, 0.2) is 27.7 Å². The maximum Gasteiger partial charge on any atom is 0.346 e. The minimum atomic E-state index is -0.552. The van der Waals surface area contributed by atoms with Gasteiger partial charge in [-0.2, -0.15) is 4.99 Å². The fourth-order valence-electron chi connectivity index (χ4n) is 1.81. The molecule has 4 nitrogen and oxygen atoms in total. The third-order valence-electron chi connectivity index (χ3n) is 2.58. The fourth-order valence-corrected chi connectivity index (χ4v) is 2.38. The van der Waals surface area contributed by atoms with Crippen LogP contribution in [-0.4, -0.2) is 23.3 Å². The number of rotatable bonds is 2. The molecule has 0 bridgehead atoms.